The Morgan fingerprint density at radius 3 is 2.76 bits per heavy atom. The normalized spacial score (nSPS) is 11.7. The van der Waals surface area contributed by atoms with Gasteiger partial charge in [0.15, 0.2) is 0 Å². The predicted molar refractivity (Wildman–Crippen MR) is 75.7 cm³/mol. The monoisotopic (exact) mass is 276 g/mol. The van der Waals surface area contributed by atoms with Crippen LogP contribution in [0.4, 0.5) is 0 Å². The molecule has 5 heteroatoms. The van der Waals surface area contributed by atoms with Gasteiger partial charge in [0.2, 0.25) is 5.91 Å². The second-order valence-corrected chi connectivity index (χ2v) is 4.92. The number of likely N-dealkylation sites (N-methyl/N-ethyl adjacent to an activating group) is 1. The van der Waals surface area contributed by atoms with Gasteiger partial charge in [-0.3, -0.25) is 4.79 Å². The number of nitrogens with zero attached hydrogens (tertiary/aromatic N) is 1. The number of nitrogens with two attached hydrogens (primary N) is 1. The van der Waals surface area contributed by atoms with Gasteiger partial charge in [0.05, 0.1) is 0 Å². The van der Waals surface area contributed by atoms with E-state index in [-0.39, 0.29) is 24.2 Å². The van der Waals surface area contributed by atoms with Crippen LogP contribution in [0.5, 0.6) is 0 Å². The lowest BCUT2D eigenvalue weighted by Gasteiger charge is -2.23. The highest BCUT2D eigenvalue weighted by atomic mass is 35.5. The molecule has 1 atom stereocenters. The van der Waals surface area contributed by atoms with Gasteiger partial charge < -0.3 is 10.6 Å². The van der Waals surface area contributed by atoms with Crippen molar-refractivity contribution in [1.82, 2.24) is 4.90 Å². The molecule has 1 aromatic heterocycles. The highest BCUT2D eigenvalue weighted by Gasteiger charge is 2.17. The lowest BCUT2D eigenvalue weighted by atomic mass is 10.1. The first-order valence-electron chi connectivity index (χ1n) is 5.70. The predicted octanol–water partition coefficient (Wildman–Crippen LogP) is 2.16. The molecule has 0 saturated heterocycles. The van der Waals surface area contributed by atoms with Crippen molar-refractivity contribution in [2.45, 2.75) is 20.3 Å². The van der Waals surface area contributed by atoms with E-state index in [0.29, 0.717) is 6.54 Å². The largest absolute Gasteiger partial charge is 0.342 e. The summed E-state index contributed by atoms with van der Waals surface area (Å²) in [5, 5.41) is 2.07. The molecule has 1 unspecified atom stereocenters. The molecule has 1 aromatic rings. The van der Waals surface area contributed by atoms with Gasteiger partial charge in [0, 0.05) is 30.4 Å². The molecule has 1 heterocycles. The average molecular weight is 277 g/mol. The van der Waals surface area contributed by atoms with Crippen LogP contribution in [0.3, 0.4) is 0 Å². The maximum atomic E-state index is 11.9. The quantitative estimate of drug-likeness (QED) is 0.865. The highest BCUT2D eigenvalue weighted by Crippen LogP contribution is 2.10. The zero-order valence-electron chi connectivity index (χ0n) is 10.4. The number of rotatable bonds is 6. The van der Waals surface area contributed by atoms with Crippen LogP contribution in [0, 0.1) is 5.92 Å². The van der Waals surface area contributed by atoms with E-state index in [1.165, 1.54) is 4.88 Å². The Morgan fingerprint density at radius 2 is 2.29 bits per heavy atom. The van der Waals surface area contributed by atoms with E-state index in [4.69, 9.17) is 5.73 Å². The maximum Gasteiger partial charge on any atom is 0.226 e. The molecule has 0 spiro atoms. The van der Waals surface area contributed by atoms with Crippen molar-refractivity contribution in [3.63, 3.8) is 0 Å². The second kappa shape index (κ2) is 8.50. The summed E-state index contributed by atoms with van der Waals surface area (Å²) in [6.45, 7) is 5.87. The van der Waals surface area contributed by atoms with Gasteiger partial charge in [-0.05, 0) is 24.8 Å². The van der Waals surface area contributed by atoms with Crippen molar-refractivity contribution in [3.05, 3.63) is 22.4 Å². The third-order valence-electron chi connectivity index (χ3n) is 2.68. The molecule has 0 bridgehead atoms. The Balaban J connectivity index is 0.00000256. The van der Waals surface area contributed by atoms with E-state index in [2.05, 4.69) is 11.4 Å². The molecule has 98 valence electrons. The first kappa shape index (κ1) is 16.4. The van der Waals surface area contributed by atoms with Crippen LogP contribution >= 0.6 is 23.7 Å². The van der Waals surface area contributed by atoms with Gasteiger partial charge >= 0.3 is 0 Å². The molecule has 1 amide bonds. The summed E-state index contributed by atoms with van der Waals surface area (Å²) < 4.78 is 0. The van der Waals surface area contributed by atoms with E-state index in [1.807, 2.05) is 24.8 Å². The molecular weight excluding hydrogens is 256 g/mol. The van der Waals surface area contributed by atoms with E-state index in [0.717, 1.165) is 19.5 Å². The Hall–Kier alpha value is -0.580. The van der Waals surface area contributed by atoms with Crippen LogP contribution in [0.15, 0.2) is 17.5 Å². The van der Waals surface area contributed by atoms with Gasteiger partial charge in [-0.1, -0.05) is 13.0 Å². The Kier molecular flexibility index (Phi) is 8.21. The minimum Gasteiger partial charge on any atom is -0.342 e. The smallest absolute Gasteiger partial charge is 0.226 e. The molecule has 0 saturated carbocycles. The number of amides is 1. The van der Waals surface area contributed by atoms with Crippen molar-refractivity contribution in [3.8, 4) is 0 Å². The Morgan fingerprint density at radius 1 is 1.59 bits per heavy atom. The molecule has 0 aromatic carbocycles. The molecule has 2 N–H and O–H groups in total. The molecule has 1 rings (SSSR count). The van der Waals surface area contributed by atoms with Gasteiger partial charge in [0.25, 0.3) is 0 Å². The van der Waals surface area contributed by atoms with Crippen LogP contribution in [0.1, 0.15) is 18.7 Å². The standard InChI is InChI=1S/C12H20N2OS.ClH/c1-3-14(12(15)10(2)9-13)7-6-11-5-4-8-16-11;/h4-5,8,10H,3,6-7,9,13H2,1-2H3;1H. The van der Waals surface area contributed by atoms with E-state index >= 15 is 0 Å². The van der Waals surface area contributed by atoms with Crippen molar-refractivity contribution >= 4 is 29.7 Å². The second-order valence-electron chi connectivity index (χ2n) is 3.88. The molecule has 17 heavy (non-hydrogen) atoms. The van der Waals surface area contributed by atoms with Gasteiger partial charge in [-0.25, -0.2) is 0 Å². The first-order chi connectivity index (χ1) is 7.69. The topological polar surface area (TPSA) is 46.3 Å². The molecule has 0 radical (unpaired) electrons. The van der Waals surface area contributed by atoms with Gasteiger partial charge in [0.1, 0.15) is 0 Å². The number of thiophene rings is 1. The first-order valence-corrected chi connectivity index (χ1v) is 6.58. The fraction of sp³-hybridized carbons (Fsp3) is 0.583. The van der Waals surface area contributed by atoms with Gasteiger partial charge in [-0.2, -0.15) is 0 Å². The number of hydrogen-bond acceptors (Lipinski definition) is 3. The highest BCUT2D eigenvalue weighted by molar-refractivity contribution is 7.09. The molecule has 0 aliphatic heterocycles. The number of carbonyl (C=O) groups is 1. The van der Waals surface area contributed by atoms with E-state index in [1.54, 1.807) is 11.3 Å². The minimum atomic E-state index is -0.0664. The van der Waals surface area contributed by atoms with Crippen LogP contribution in [0.2, 0.25) is 0 Å². The summed E-state index contributed by atoms with van der Waals surface area (Å²) in [7, 11) is 0. The zero-order valence-corrected chi connectivity index (χ0v) is 12.0. The summed E-state index contributed by atoms with van der Waals surface area (Å²) in [5.74, 6) is 0.102. The van der Waals surface area contributed by atoms with Crippen molar-refractivity contribution < 1.29 is 4.79 Å². The lowest BCUT2D eigenvalue weighted by molar-refractivity contribution is -0.134. The summed E-state index contributed by atoms with van der Waals surface area (Å²) in [6.07, 6.45) is 0.939. The third-order valence-corrected chi connectivity index (χ3v) is 3.61. The van der Waals surface area contributed by atoms with Crippen LogP contribution in [-0.4, -0.2) is 30.4 Å². The number of carbonyl (C=O) groups excluding carboxylic acids is 1. The summed E-state index contributed by atoms with van der Waals surface area (Å²) in [6, 6.07) is 4.15. The molecule has 0 fully saturated rings. The minimum absolute atomic E-state index is 0. The van der Waals surface area contributed by atoms with Crippen LogP contribution < -0.4 is 5.73 Å². The van der Waals surface area contributed by atoms with Crippen molar-refractivity contribution in [2.24, 2.45) is 11.7 Å². The van der Waals surface area contributed by atoms with Gasteiger partial charge in [-0.15, -0.1) is 23.7 Å². The fourth-order valence-corrected chi connectivity index (χ4v) is 2.23. The van der Waals surface area contributed by atoms with Crippen LogP contribution in [0.25, 0.3) is 0 Å². The van der Waals surface area contributed by atoms with E-state index in [9.17, 15) is 4.79 Å². The third kappa shape index (κ3) is 5.06. The zero-order chi connectivity index (χ0) is 12.0. The molecule has 0 aliphatic carbocycles. The van der Waals surface area contributed by atoms with Crippen LogP contribution in [-0.2, 0) is 11.2 Å². The number of halogens is 1. The summed E-state index contributed by atoms with van der Waals surface area (Å²) >= 11 is 1.74. The van der Waals surface area contributed by atoms with E-state index < -0.39 is 0 Å². The maximum absolute atomic E-state index is 11.9. The Labute approximate surface area is 113 Å². The number of hydrogen-bond donors (Lipinski definition) is 1. The van der Waals surface area contributed by atoms with Crippen molar-refractivity contribution in [1.29, 1.82) is 0 Å². The molecular formula is C12H21ClN2OS. The lowest BCUT2D eigenvalue weighted by Crippen LogP contribution is -2.38. The average Bonchev–Trinajstić information content (AvgIpc) is 2.81. The fourth-order valence-electron chi connectivity index (χ4n) is 1.54. The SMILES string of the molecule is CCN(CCc1cccs1)C(=O)C(C)CN.Cl. The van der Waals surface area contributed by atoms with Crippen molar-refractivity contribution in [2.75, 3.05) is 19.6 Å². The molecule has 3 nitrogen and oxygen atoms in total. The summed E-state index contributed by atoms with van der Waals surface area (Å²) in [4.78, 5) is 15.1. The summed E-state index contributed by atoms with van der Waals surface area (Å²) in [5.41, 5.74) is 5.51. The Bertz CT molecular complexity index is 316. The molecule has 0 aliphatic rings.